The summed E-state index contributed by atoms with van der Waals surface area (Å²) in [5.41, 5.74) is 5.20. The van der Waals surface area contributed by atoms with Crippen molar-refractivity contribution in [2.75, 3.05) is 12.3 Å². The summed E-state index contributed by atoms with van der Waals surface area (Å²) in [4.78, 5) is -0.262. The average Bonchev–Trinajstić information content (AvgIpc) is 2.23. The van der Waals surface area contributed by atoms with Crippen LogP contribution in [0.5, 0.6) is 0 Å². The third kappa shape index (κ3) is 2.94. The standard InChI is InChI=1S/C10H13F3N2O2S/c1-5-3-7(11)9(14)6(2)10(5)18(16,17)15-4-8(12)13/h3,8,15H,4,14H2,1-2H3. The van der Waals surface area contributed by atoms with E-state index in [9.17, 15) is 21.6 Å². The van der Waals surface area contributed by atoms with Crippen molar-refractivity contribution < 1.29 is 21.6 Å². The number of alkyl halides is 2. The average molecular weight is 282 g/mol. The van der Waals surface area contributed by atoms with Gasteiger partial charge in [-0.3, -0.25) is 0 Å². The molecule has 0 saturated carbocycles. The number of sulfonamides is 1. The number of benzene rings is 1. The van der Waals surface area contributed by atoms with E-state index in [0.717, 1.165) is 6.07 Å². The summed E-state index contributed by atoms with van der Waals surface area (Å²) in [6.45, 7) is 1.69. The van der Waals surface area contributed by atoms with Gasteiger partial charge in [-0.05, 0) is 31.0 Å². The summed E-state index contributed by atoms with van der Waals surface area (Å²) in [6.07, 6.45) is -2.81. The van der Waals surface area contributed by atoms with Crippen LogP contribution in [0.4, 0.5) is 18.9 Å². The molecule has 102 valence electrons. The smallest absolute Gasteiger partial charge is 0.251 e. The number of anilines is 1. The highest BCUT2D eigenvalue weighted by atomic mass is 32.2. The first kappa shape index (κ1) is 14.8. The summed E-state index contributed by atoms with van der Waals surface area (Å²) >= 11 is 0. The molecule has 3 N–H and O–H groups in total. The minimum atomic E-state index is -4.13. The van der Waals surface area contributed by atoms with Gasteiger partial charge in [-0.15, -0.1) is 0 Å². The van der Waals surface area contributed by atoms with Crippen LogP contribution in [0.2, 0.25) is 0 Å². The highest BCUT2D eigenvalue weighted by Crippen LogP contribution is 2.27. The molecule has 18 heavy (non-hydrogen) atoms. The first-order valence-electron chi connectivity index (χ1n) is 4.99. The van der Waals surface area contributed by atoms with Crippen molar-refractivity contribution >= 4 is 15.7 Å². The number of rotatable bonds is 4. The summed E-state index contributed by atoms with van der Waals surface area (Å²) in [5, 5.41) is 0. The summed E-state index contributed by atoms with van der Waals surface area (Å²) < 4.78 is 62.7. The Kier molecular flexibility index (Phi) is 4.23. The predicted molar refractivity (Wildman–Crippen MR) is 61.5 cm³/mol. The van der Waals surface area contributed by atoms with Gasteiger partial charge in [0.2, 0.25) is 10.0 Å². The zero-order chi connectivity index (χ0) is 14.1. The van der Waals surface area contributed by atoms with E-state index in [1.165, 1.54) is 13.8 Å². The molecule has 8 heteroatoms. The number of nitrogen functional groups attached to an aromatic ring is 1. The molecule has 4 nitrogen and oxygen atoms in total. The number of hydrogen-bond acceptors (Lipinski definition) is 3. The normalized spacial score (nSPS) is 12.1. The molecule has 1 aromatic carbocycles. The van der Waals surface area contributed by atoms with Crippen LogP contribution >= 0.6 is 0 Å². The zero-order valence-electron chi connectivity index (χ0n) is 9.80. The fourth-order valence-corrected chi connectivity index (χ4v) is 3.07. The topological polar surface area (TPSA) is 72.2 Å². The molecule has 0 atom stereocenters. The number of halogens is 3. The van der Waals surface area contributed by atoms with E-state index in [1.807, 2.05) is 0 Å². The predicted octanol–water partition coefficient (Wildman–Crippen LogP) is 1.57. The summed E-state index contributed by atoms with van der Waals surface area (Å²) in [7, 11) is -4.13. The van der Waals surface area contributed by atoms with Crippen molar-refractivity contribution in [3.63, 3.8) is 0 Å². The molecule has 0 aliphatic rings. The molecule has 0 radical (unpaired) electrons. The van der Waals surface area contributed by atoms with Crippen LogP contribution in [-0.4, -0.2) is 21.4 Å². The molecular formula is C10H13F3N2O2S. The minimum Gasteiger partial charge on any atom is -0.396 e. The van der Waals surface area contributed by atoms with Gasteiger partial charge in [0.05, 0.1) is 17.1 Å². The SMILES string of the molecule is Cc1cc(F)c(N)c(C)c1S(=O)(=O)NCC(F)F. The minimum absolute atomic E-state index is 0.00858. The lowest BCUT2D eigenvalue weighted by atomic mass is 10.1. The van der Waals surface area contributed by atoms with Crippen molar-refractivity contribution in [2.45, 2.75) is 25.2 Å². The highest BCUT2D eigenvalue weighted by molar-refractivity contribution is 7.89. The van der Waals surface area contributed by atoms with Crippen LogP contribution in [0.3, 0.4) is 0 Å². The van der Waals surface area contributed by atoms with Gasteiger partial charge in [-0.25, -0.2) is 26.3 Å². The van der Waals surface area contributed by atoms with E-state index < -0.39 is 28.8 Å². The fraction of sp³-hybridized carbons (Fsp3) is 0.400. The van der Waals surface area contributed by atoms with Gasteiger partial charge in [0.1, 0.15) is 5.82 Å². The van der Waals surface area contributed by atoms with Crippen molar-refractivity contribution in [1.29, 1.82) is 0 Å². The van der Waals surface area contributed by atoms with E-state index >= 15 is 0 Å². The molecular weight excluding hydrogens is 269 g/mol. The molecule has 0 bridgehead atoms. The lowest BCUT2D eigenvalue weighted by Crippen LogP contribution is -2.30. The maximum absolute atomic E-state index is 13.3. The summed E-state index contributed by atoms with van der Waals surface area (Å²) in [5.74, 6) is -0.738. The third-order valence-electron chi connectivity index (χ3n) is 2.40. The molecule has 1 aromatic rings. The Morgan fingerprint density at radius 1 is 1.39 bits per heavy atom. The third-order valence-corrected chi connectivity index (χ3v) is 4.11. The molecule has 0 spiro atoms. The van der Waals surface area contributed by atoms with Crippen LogP contribution in [0.15, 0.2) is 11.0 Å². The van der Waals surface area contributed by atoms with E-state index in [-0.39, 0.29) is 21.7 Å². The number of nitrogens with one attached hydrogen (secondary N) is 1. The van der Waals surface area contributed by atoms with Gasteiger partial charge in [0, 0.05) is 0 Å². The molecule has 0 amide bonds. The monoisotopic (exact) mass is 282 g/mol. The van der Waals surface area contributed by atoms with Crippen LogP contribution in [0.1, 0.15) is 11.1 Å². The van der Waals surface area contributed by atoms with Gasteiger partial charge in [0.15, 0.2) is 0 Å². The maximum Gasteiger partial charge on any atom is 0.251 e. The van der Waals surface area contributed by atoms with Crippen molar-refractivity contribution in [1.82, 2.24) is 4.72 Å². The maximum atomic E-state index is 13.3. The number of aryl methyl sites for hydroxylation is 1. The molecule has 0 aliphatic heterocycles. The van der Waals surface area contributed by atoms with Gasteiger partial charge < -0.3 is 5.73 Å². The quantitative estimate of drug-likeness (QED) is 0.823. The van der Waals surface area contributed by atoms with Crippen molar-refractivity contribution in [3.8, 4) is 0 Å². The van der Waals surface area contributed by atoms with E-state index in [1.54, 1.807) is 4.72 Å². The first-order chi connectivity index (χ1) is 8.16. The molecule has 0 heterocycles. The molecule has 1 rings (SSSR count). The second-order valence-electron chi connectivity index (χ2n) is 3.79. The van der Waals surface area contributed by atoms with Crippen molar-refractivity contribution in [2.24, 2.45) is 0 Å². The Bertz CT molecular complexity index is 559. The number of nitrogens with two attached hydrogens (primary N) is 1. The summed E-state index contributed by atoms with van der Waals surface area (Å²) in [6, 6.07) is 0.958. The second-order valence-corrected chi connectivity index (χ2v) is 5.49. The van der Waals surface area contributed by atoms with Crippen LogP contribution in [0.25, 0.3) is 0 Å². The van der Waals surface area contributed by atoms with Crippen molar-refractivity contribution in [3.05, 3.63) is 23.0 Å². The van der Waals surface area contributed by atoms with Gasteiger partial charge in [-0.2, -0.15) is 0 Å². The molecule has 0 unspecified atom stereocenters. The van der Waals surface area contributed by atoms with Crippen LogP contribution in [0, 0.1) is 19.7 Å². The Hall–Kier alpha value is -1.28. The van der Waals surface area contributed by atoms with Gasteiger partial charge in [0.25, 0.3) is 6.43 Å². The van der Waals surface area contributed by atoms with Crippen LogP contribution < -0.4 is 10.5 Å². The zero-order valence-corrected chi connectivity index (χ0v) is 10.6. The molecule has 0 aromatic heterocycles. The van der Waals surface area contributed by atoms with Crippen LogP contribution in [-0.2, 0) is 10.0 Å². The molecule has 0 saturated heterocycles. The highest BCUT2D eigenvalue weighted by Gasteiger charge is 2.23. The van der Waals surface area contributed by atoms with Gasteiger partial charge >= 0.3 is 0 Å². The Morgan fingerprint density at radius 3 is 2.44 bits per heavy atom. The van der Waals surface area contributed by atoms with E-state index in [2.05, 4.69) is 0 Å². The Morgan fingerprint density at radius 2 is 1.94 bits per heavy atom. The second kappa shape index (κ2) is 5.15. The lowest BCUT2D eigenvalue weighted by Gasteiger charge is -2.14. The van der Waals surface area contributed by atoms with Gasteiger partial charge in [-0.1, -0.05) is 0 Å². The molecule has 0 aliphatic carbocycles. The largest absolute Gasteiger partial charge is 0.396 e. The first-order valence-corrected chi connectivity index (χ1v) is 6.48. The fourth-order valence-electron chi connectivity index (χ4n) is 1.59. The Labute approximate surface area is 103 Å². The lowest BCUT2D eigenvalue weighted by molar-refractivity contribution is 0.153. The van der Waals surface area contributed by atoms with E-state index in [0.29, 0.717) is 0 Å². The van der Waals surface area contributed by atoms with E-state index in [4.69, 9.17) is 5.73 Å². The Balaban J connectivity index is 3.29. The molecule has 0 fully saturated rings. The number of hydrogen-bond donors (Lipinski definition) is 2.